The number of hydrogen-bond acceptors (Lipinski definition) is 4. The maximum absolute atomic E-state index is 9.20. The molecule has 0 amide bonds. The zero-order chi connectivity index (χ0) is 9.54. The minimum absolute atomic E-state index is 0.0430. The Hall–Kier alpha value is -1.46. The Morgan fingerprint density at radius 3 is 3.21 bits per heavy atom. The highest BCUT2D eigenvalue weighted by atomic mass is 32.1. The molecule has 2 heterocycles. The third kappa shape index (κ3) is 0.906. The molecular weight excluding hydrogens is 198 g/mol. The Morgan fingerprint density at radius 1 is 1.43 bits per heavy atom. The van der Waals surface area contributed by atoms with Gasteiger partial charge in [-0.25, -0.2) is 0 Å². The fourth-order valence-corrected chi connectivity index (χ4v) is 2.59. The number of aromatic nitrogens is 3. The van der Waals surface area contributed by atoms with Gasteiger partial charge in [0.15, 0.2) is 0 Å². The Bertz CT molecular complexity index is 598. The van der Waals surface area contributed by atoms with E-state index in [9.17, 15) is 5.11 Å². The lowest BCUT2D eigenvalue weighted by atomic mass is 10.2. The van der Waals surface area contributed by atoms with Crippen LogP contribution in [-0.4, -0.2) is 19.7 Å². The predicted octanol–water partition coefficient (Wildman–Crippen LogP) is 1.44. The molecule has 0 radical (unpaired) electrons. The SMILES string of the molecule is OCc1cccc2sc3nncn3c12. The van der Waals surface area contributed by atoms with Crippen molar-refractivity contribution < 1.29 is 5.11 Å². The third-order valence-electron chi connectivity index (χ3n) is 2.21. The molecule has 14 heavy (non-hydrogen) atoms. The van der Waals surface area contributed by atoms with E-state index in [1.54, 1.807) is 17.7 Å². The molecule has 3 rings (SSSR count). The fraction of sp³-hybridized carbons (Fsp3) is 0.111. The van der Waals surface area contributed by atoms with Crippen LogP contribution >= 0.6 is 11.3 Å². The second-order valence-corrected chi connectivity index (χ2v) is 4.02. The molecule has 3 aromatic rings. The van der Waals surface area contributed by atoms with Crippen molar-refractivity contribution in [3.63, 3.8) is 0 Å². The molecule has 2 aromatic heterocycles. The van der Waals surface area contributed by atoms with Crippen LogP contribution in [0.25, 0.3) is 15.2 Å². The number of para-hydroxylation sites is 1. The summed E-state index contributed by atoms with van der Waals surface area (Å²) < 4.78 is 3.03. The van der Waals surface area contributed by atoms with Gasteiger partial charge in [-0.3, -0.25) is 4.40 Å². The van der Waals surface area contributed by atoms with Gasteiger partial charge in [0.2, 0.25) is 4.96 Å². The van der Waals surface area contributed by atoms with E-state index in [1.807, 2.05) is 22.6 Å². The van der Waals surface area contributed by atoms with Gasteiger partial charge in [0.05, 0.1) is 16.8 Å². The van der Waals surface area contributed by atoms with Crippen molar-refractivity contribution in [1.82, 2.24) is 14.6 Å². The van der Waals surface area contributed by atoms with E-state index < -0.39 is 0 Å². The number of aliphatic hydroxyl groups excluding tert-OH is 1. The van der Waals surface area contributed by atoms with Gasteiger partial charge in [-0.15, -0.1) is 10.2 Å². The van der Waals surface area contributed by atoms with Crippen LogP contribution in [-0.2, 0) is 6.61 Å². The number of hydrogen-bond donors (Lipinski definition) is 1. The number of aliphatic hydroxyl groups is 1. The molecule has 0 saturated heterocycles. The molecule has 0 atom stereocenters. The van der Waals surface area contributed by atoms with Crippen molar-refractivity contribution in [3.8, 4) is 0 Å². The van der Waals surface area contributed by atoms with Crippen LogP contribution in [0.4, 0.5) is 0 Å². The molecule has 0 aliphatic heterocycles. The standard InChI is InChI=1S/C9H7N3OS/c13-4-6-2-1-3-7-8(6)12-5-10-11-9(12)14-7/h1-3,5,13H,4H2. The van der Waals surface area contributed by atoms with Gasteiger partial charge in [0.25, 0.3) is 0 Å². The summed E-state index contributed by atoms with van der Waals surface area (Å²) in [6.45, 7) is 0.0430. The first-order chi connectivity index (χ1) is 6.90. The van der Waals surface area contributed by atoms with E-state index in [4.69, 9.17) is 0 Å². The summed E-state index contributed by atoms with van der Waals surface area (Å²) in [6.07, 6.45) is 1.67. The van der Waals surface area contributed by atoms with Gasteiger partial charge in [-0.1, -0.05) is 23.5 Å². The van der Waals surface area contributed by atoms with Crippen LogP contribution < -0.4 is 0 Å². The summed E-state index contributed by atoms with van der Waals surface area (Å²) in [6, 6.07) is 5.87. The zero-order valence-electron chi connectivity index (χ0n) is 7.21. The molecule has 0 saturated carbocycles. The molecule has 0 bridgehead atoms. The zero-order valence-corrected chi connectivity index (χ0v) is 8.03. The van der Waals surface area contributed by atoms with E-state index in [0.717, 1.165) is 20.7 Å². The highest BCUT2D eigenvalue weighted by Gasteiger charge is 2.08. The van der Waals surface area contributed by atoms with Crippen LogP contribution in [0.5, 0.6) is 0 Å². The lowest BCUT2D eigenvalue weighted by molar-refractivity contribution is 0.283. The number of thiazole rings is 1. The topological polar surface area (TPSA) is 50.4 Å². The average molecular weight is 205 g/mol. The van der Waals surface area contributed by atoms with Crippen molar-refractivity contribution >= 4 is 26.5 Å². The smallest absolute Gasteiger partial charge is 0.217 e. The second kappa shape index (κ2) is 2.76. The summed E-state index contributed by atoms with van der Waals surface area (Å²) in [5, 5.41) is 17.0. The predicted molar refractivity (Wildman–Crippen MR) is 54.3 cm³/mol. The van der Waals surface area contributed by atoms with Gasteiger partial charge in [-0.05, 0) is 6.07 Å². The lowest BCUT2D eigenvalue weighted by Crippen LogP contribution is -1.87. The normalized spacial score (nSPS) is 11.5. The third-order valence-corrected chi connectivity index (χ3v) is 3.22. The molecule has 70 valence electrons. The second-order valence-electron chi connectivity index (χ2n) is 3.01. The molecule has 0 aliphatic carbocycles. The monoisotopic (exact) mass is 205 g/mol. The maximum atomic E-state index is 9.20. The molecule has 0 spiro atoms. The van der Waals surface area contributed by atoms with E-state index in [-0.39, 0.29) is 6.61 Å². The van der Waals surface area contributed by atoms with Crippen molar-refractivity contribution in [2.75, 3.05) is 0 Å². The van der Waals surface area contributed by atoms with Crippen LogP contribution in [0.1, 0.15) is 5.56 Å². The fourth-order valence-electron chi connectivity index (χ4n) is 1.60. The number of rotatable bonds is 1. The van der Waals surface area contributed by atoms with Crippen molar-refractivity contribution in [2.24, 2.45) is 0 Å². The first-order valence-corrected chi connectivity index (χ1v) is 5.03. The molecule has 0 fully saturated rings. The summed E-state index contributed by atoms with van der Waals surface area (Å²) >= 11 is 1.58. The van der Waals surface area contributed by atoms with E-state index in [1.165, 1.54) is 0 Å². The number of benzene rings is 1. The van der Waals surface area contributed by atoms with Gasteiger partial charge >= 0.3 is 0 Å². The molecule has 5 heteroatoms. The van der Waals surface area contributed by atoms with Gasteiger partial charge in [0, 0.05) is 5.56 Å². The number of fused-ring (bicyclic) bond motifs is 3. The van der Waals surface area contributed by atoms with Crippen molar-refractivity contribution in [1.29, 1.82) is 0 Å². The van der Waals surface area contributed by atoms with Gasteiger partial charge < -0.3 is 5.11 Å². The Kier molecular flexibility index (Phi) is 1.56. The minimum atomic E-state index is 0.0430. The molecule has 0 aliphatic rings. The van der Waals surface area contributed by atoms with Crippen molar-refractivity contribution in [2.45, 2.75) is 6.61 Å². The highest BCUT2D eigenvalue weighted by molar-refractivity contribution is 7.23. The van der Waals surface area contributed by atoms with E-state index in [2.05, 4.69) is 10.2 Å². The summed E-state index contributed by atoms with van der Waals surface area (Å²) in [5.41, 5.74) is 1.92. The first kappa shape index (κ1) is 7.90. The summed E-state index contributed by atoms with van der Waals surface area (Å²) in [7, 11) is 0. The van der Waals surface area contributed by atoms with Crippen LogP contribution in [0.15, 0.2) is 24.5 Å². The first-order valence-electron chi connectivity index (χ1n) is 4.21. The molecule has 0 unspecified atom stereocenters. The quantitative estimate of drug-likeness (QED) is 0.654. The molecular formula is C9H7N3OS. The lowest BCUT2D eigenvalue weighted by Gasteiger charge is -1.97. The maximum Gasteiger partial charge on any atom is 0.217 e. The van der Waals surface area contributed by atoms with Gasteiger partial charge in [0.1, 0.15) is 6.33 Å². The average Bonchev–Trinajstić information content (AvgIpc) is 2.75. The Balaban J connectivity index is 2.57. The largest absolute Gasteiger partial charge is 0.392 e. The summed E-state index contributed by atoms with van der Waals surface area (Å²) in [4.78, 5) is 0.862. The molecule has 1 aromatic carbocycles. The van der Waals surface area contributed by atoms with E-state index in [0.29, 0.717) is 0 Å². The Labute approximate surface area is 83.4 Å². The highest BCUT2D eigenvalue weighted by Crippen LogP contribution is 2.27. The van der Waals surface area contributed by atoms with Crippen LogP contribution in [0.3, 0.4) is 0 Å². The minimum Gasteiger partial charge on any atom is -0.392 e. The van der Waals surface area contributed by atoms with Crippen molar-refractivity contribution in [3.05, 3.63) is 30.1 Å². The van der Waals surface area contributed by atoms with Crippen LogP contribution in [0.2, 0.25) is 0 Å². The van der Waals surface area contributed by atoms with Crippen LogP contribution in [0, 0.1) is 0 Å². The summed E-state index contributed by atoms with van der Waals surface area (Å²) in [5.74, 6) is 0. The molecule has 1 N–H and O–H groups in total. The number of nitrogens with zero attached hydrogens (tertiary/aromatic N) is 3. The Morgan fingerprint density at radius 2 is 2.36 bits per heavy atom. The van der Waals surface area contributed by atoms with Gasteiger partial charge in [-0.2, -0.15) is 0 Å². The molecule has 4 nitrogen and oxygen atoms in total. The van der Waals surface area contributed by atoms with E-state index >= 15 is 0 Å².